The van der Waals surface area contributed by atoms with Crippen LogP contribution in [0.3, 0.4) is 0 Å². The van der Waals surface area contributed by atoms with E-state index in [9.17, 15) is 38.6 Å². The molecule has 0 spiro atoms. The van der Waals surface area contributed by atoms with E-state index in [-0.39, 0.29) is 37.6 Å². The molecule has 0 aliphatic carbocycles. The van der Waals surface area contributed by atoms with Crippen molar-refractivity contribution in [2.75, 3.05) is 6.54 Å². The van der Waals surface area contributed by atoms with Crippen LogP contribution in [0, 0.1) is 17.8 Å². The number of aromatic nitrogens is 1. The maximum absolute atomic E-state index is 13.6. The number of nitrogens with zero attached hydrogens (tertiary/aromatic N) is 1. The van der Waals surface area contributed by atoms with Crippen molar-refractivity contribution in [1.82, 2.24) is 20.5 Å². The number of H-pyrrole nitrogens is 1. The van der Waals surface area contributed by atoms with Crippen molar-refractivity contribution >= 4 is 53.0 Å². The third kappa shape index (κ3) is 6.53. The molecule has 3 amide bonds. The number of fused-ring (bicyclic) bond motifs is 1. The van der Waals surface area contributed by atoms with E-state index in [0.717, 1.165) is 21.2 Å². The monoisotopic (exact) mass is 674 g/mol. The van der Waals surface area contributed by atoms with Gasteiger partial charge in [0.15, 0.2) is 0 Å². The lowest BCUT2D eigenvalue weighted by Gasteiger charge is -2.44. The van der Waals surface area contributed by atoms with Crippen molar-refractivity contribution in [3.8, 4) is 0 Å². The second-order valence-electron chi connectivity index (χ2n) is 13.3. The van der Waals surface area contributed by atoms with Crippen LogP contribution in [0.4, 0.5) is 0 Å². The smallest absolute Gasteiger partial charge is 0.342 e. The third-order valence-electron chi connectivity index (χ3n) is 9.63. The van der Waals surface area contributed by atoms with Gasteiger partial charge in [-0.05, 0) is 66.2 Å². The number of carboxylic acid groups (broad SMARTS) is 1. The van der Waals surface area contributed by atoms with Crippen LogP contribution in [-0.2, 0) is 20.6 Å². The minimum Gasteiger partial charge on any atom is -0.480 e. The number of aromatic amines is 1. The fourth-order valence-corrected chi connectivity index (χ4v) is 8.75. The maximum atomic E-state index is 13.6. The standard InChI is InChI=1S/C35H39N4O8P/c1-19(2)15-21-16-28(31(40)37-29(35(43)44)17-22-18-36-27-12-4-3-9-23(22)27)38-32(48(45,46)47)24(21)13-14-39-33(41)25-10-5-7-20-8-6-11-26(30(20)25)34(39)42/h3-12,18-19,21,24,28-29,32,36,38H,13-17H2,1-2H3,(H,37,40)(H,43,44)(H2,45,46,47)/t21-,24+,28-,29-,32+/m0/s1. The molecule has 2 aliphatic heterocycles. The summed E-state index contributed by atoms with van der Waals surface area (Å²) in [7, 11) is -4.87. The second-order valence-corrected chi connectivity index (χ2v) is 15.0. The molecule has 1 aromatic heterocycles. The summed E-state index contributed by atoms with van der Waals surface area (Å²) in [5, 5.41) is 17.7. The minimum atomic E-state index is -4.87. The normalized spacial score (nSPS) is 22.0. The highest BCUT2D eigenvalue weighted by molar-refractivity contribution is 7.52. The Morgan fingerprint density at radius 1 is 1.00 bits per heavy atom. The number of hydrogen-bond donors (Lipinski definition) is 6. The Labute approximate surface area is 277 Å². The number of carboxylic acids is 1. The summed E-state index contributed by atoms with van der Waals surface area (Å²) < 4.78 is 13.0. The van der Waals surface area contributed by atoms with Gasteiger partial charge in [0.1, 0.15) is 11.8 Å². The number of hydrogen-bond acceptors (Lipinski definition) is 6. The summed E-state index contributed by atoms with van der Waals surface area (Å²) >= 11 is 0. The number of imide groups is 1. The molecule has 6 rings (SSSR count). The van der Waals surface area contributed by atoms with Crippen LogP contribution in [0.5, 0.6) is 0 Å². The van der Waals surface area contributed by atoms with Crippen LogP contribution in [0.1, 0.15) is 59.4 Å². The molecule has 48 heavy (non-hydrogen) atoms. The lowest BCUT2D eigenvalue weighted by molar-refractivity contribution is -0.142. The van der Waals surface area contributed by atoms with E-state index in [1.165, 1.54) is 0 Å². The van der Waals surface area contributed by atoms with Gasteiger partial charge in [0.05, 0.1) is 6.04 Å². The summed E-state index contributed by atoms with van der Waals surface area (Å²) in [5.41, 5.74) is 2.33. The van der Waals surface area contributed by atoms with Crippen LogP contribution < -0.4 is 10.6 Å². The zero-order valence-corrected chi connectivity index (χ0v) is 27.5. The molecule has 13 heteroatoms. The van der Waals surface area contributed by atoms with Gasteiger partial charge >= 0.3 is 13.6 Å². The van der Waals surface area contributed by atoms with Crippen LogP contribution in [0.2, 0.25) is 0 Å². The van der Waals surface area contributed by atoms with Crippen molar-refractivity contribution in [2.45, 2.75) is 57.4 Å². The first-order valence-electron chi connectivity index (χ1n) is 16.1. The van der Waals surface area contributed by atoms with E-state index in [1.807, 2.05) is 50.2 Å². The molecular weight excluding hydrogens is 635 g/mol. The number of benzene rings is 3. The van der Waals surface area contributed by atoms with Crippen LogP contribution in [0.25, 0.3) is 21.7 Å². The summed E-state index contributed by atoms with van der Waals surface area (Å²) in [6, 6.07) is 15.6. The number of carbonyl (C=O) groups excluding carboxylic acids is 3. The molecule has 0 unspecified atom stereocenters. The van der Waals surface area contributed by atoms with Gasteiger partial charge in [-0.2, -0.15) is 0 Å². The van der Waals surface area contributed by atoms with Gasteiger partial charge in [-0.15, -0.1) is 0 Å². The van der Waals surface area contributed by atoms with Crippen molar-refractivity contribution in [2.24, 2.45) is 17.8 Å². The zero-order valence-electron chi connectivity index (χ0n) is 26.6. The Morgan fingerprint density at radius 3 is 2.29 bits per heavy atom. The molecule has 1 fully saturated rings. The fraction of sp³-hybridized carbons (Fsp3) is 0.371. The predicted octanol–water partition coefficient (Wildman–Crippen LogP) is 4.26. The molecule has 4 aromatic rings. The topological polar surface area (TPSA) is 189 Å². The number of nitrogens with one attached hydrogen (secondary N) is 3. The average Bonchev–Trinajstić information content (AvgIpc) is 3.45. The molecule has 0 radical (unpaired) electrons. The summed E-state index contributed by atoms with van der Waals surface area (Å²) in [4.78, 5) is 78.3. The number of amides is 3. The second kappa shape index (κ2) is 13.3. The highest BCUT2D eigenvalue weighted by Crippen LogP contribution is 2.50. The van der Waals surface area contributed by atoms with Gasteiger partial charge < -0.3 is 25.2 Å². The Morgan fingerprint density at radius 2 is 1.67 bits per heavy atom. The molecule has 0 bridgehead atoms. The van der Waals surface area contributed by atoms with E-state index in [1.54, 1.807) is 30.5 Å². The molecule has 3 aromatic carbocycles. The molecule has 6 N–H and O–H groups in total. The first-order valence-corrected chi connectivity index (χ1v) is 17.8. The van der Waals surface area contributed by atoms with E-state index < -0.39 is 55.1 Å². The first kappa shape index (κ1) is 33.5. The lowest BCUT2D eigenvalue weighted by atomic mass is 9.76. The largest absolute Gasteiger partial charge is 0.480 e. The first-order chi connectivity index (χ1) is 22.8. The Kier molecular flexibility index (Phi) is 9.28. The SMILES string of the molecule is CC(C)C[C@H]1C[C@@H](C(=O)N[C@@H](Cc2c[nH]c3ccccc23)C(=O)O)N[C@H](P(=O)(O)O)[C@@H]1CCN1C(=O)c2cccc3cccc(c23)C1=O. The quantitative estimate of drug-likeness (QED) is 0.0998. The fourth-order valence-electron chi connectivity index (χ4n) is 7.49. The van der Waals surface area contributed by atoms with Crippen LogP contribution in [-0.4, -0.2) is 72.9 Å². The molecule has 12 nitrogen and oxygen atoms in total. The average molecular weight is 675 g/mol. The van der Waals surface area contributed by atoms with Gasteiger partial charge in [0, 0.05) is 46.6 Å². The Balaban J connectivity index is 1.22. The number of para-hydroxylation sites is 1. The summed E-state index contributed by atoms with van der Waals surface area (Å²) in [5.74, 6) is -5.24. The van der Waals surface area contributed by atoms with Crippen LogP contribution in [0.15, 0.2) is 66.9 Å². The van der Waals surface area contributed by atoms with Gasteiger partial charge in [0.2, 0.25) is 5.91 Å². The maximum Gasteiger partial charge on any atom is 0.342 e. The third-order valence-corrected chi connectivity index (χ3v) is 10.9. The molecule has 252 valence electrons. The Bertz CT molecular complexity index is 1900. The Hall–Kier alpha value is -4.35. The van der Waals surface area contributed by atoms with Gasteiger partial charge in [-0.3, -0.25) is 29.2 Å². The number of carbonyl (C=O) groups is 4. The van der Waals surface area contributed by atoms with E-state index >= 15 is 0 Å². The van der Waals surface area contributed by atoms with E-state index in [0.29, 0.717) is 28.5 Å². The highest BCUT2D eigenvalue weighted by atomic mass is 31.2. The van der Waals surface area contributed by atoms with E-state index in [2.05, 4.69) is 15.6 Å². The molecule has 0 saturated carbocycles. The summed E-state index contributed by atoms with van der Waals surface area (Å²) in [6.45, 7) is 3.87. The molecule has 3 heterocycles. The van der Waals surface area contributed by atoms with Crippen molar-refractivity contribution < 1.29 is 38.6 Å². The highest BCUT2D eigenvalue weighted by Gasteiger charge is 2.48. The predicted molar refractivity (Wildman–Crippen MR) is 179 cm³/mol. The number of piperidine rings is 1. The number of rotatable bonds is 11. The van der Waals surface area contributed by atoms with Crippen molar-refractivity contribution in [3.63, 3.8) is 0 Å². The molecule has 5 atom stereocenters. The molecular formula is C35H39N4O8P. The minimum absolute atomic E-state index is 0.00646. The van der Waals surface area contributed by atoms with Gasteiger partial charge in [-0.1, -0.05) is 56.3 Å². The van der Waals surface area contributed by atoms with Gasteiger partial charge in [-0.25, -0.2) is 4.79 Å². The van der Waals surface area contributed by atoms with Crippen LogP contribution >= 0.6 is 7.60 Å². The molecule has 1 saturated heterocycles. The molecule has 2 aliphatic rings. The van der Waals surface area contributed by atoms with Gasteiger partial charge in [0.25, 0.3) is 11.8 Å². The van der Waals surface area contributed by atoms with Crippen molar-refractivity contribution in [3.05, 3.63) is 83.6 Å². The summed E-state index contributed by atoms with van der Waals surface area (Å²) in [6.07, 6.45) is 2.52. The van der Waals surface area contributed by atoms with E-state index in [4.69, 9.17) is 0 Å². The number of aliphatic carboxylic acids is 1. The lowest BCUT2D eigenvalue weighted by Crippen LogP contribution is -2.59. The zero-order chi connectivity index (χ0) is 34.3. The van der Waals surface area contributed by atoms with Crippen molar-refractivity contribution in [1.29, 1.82) is 0 Å².